The Hall–Kier alpha value is -5.43. The van der Waals surface area contributed by atoms with Gasteiger partial charge in [-0.1, -0.05) is 36.4 Å². The number of fused-ring (bicyclic) bond motifs is 2. The number of carbonyl (C=O) groups excluding carboxylic acids is 4. The lowest BCUT2D eigenvalue weighted by Crippen LogP contribution is -2.31. The van der Waals surface area contributed by atoms with Gasteiger partial charge in [0.25, 0.3) is 5.91 Å². The Morgan fingerprint density at radius 2 is 1.81 bits per heavy atom. The van der Waals surface area contributed by atoms with Gasteiger partial charge in [0.1, 0.15) is 0 Å². The molecule has 2 N–H and O–H groups in total. The zero-order valence-electron chi connectivity index (χ0n) is 23.4. The van der Waals surface area contributed by atoms with Gasteiger partial charge < -0.3 is 25.2 Å². The summed E-state index contributed by atoms with van der Waals surface area (Å²) in [5, 5.41) is 16.1. The van der Waals surface area contributed by atoms with Gasteiger partial charge in [0, 0.05) is 50.4 Å². The third kappa shape index (κ3) is 5.32. The van der Waals surface area contributed by atoms with E-state index in [1.807, 2.05) is 36.4 Å². The average molecular weight is 564 g/mol. The van der Waals surface area contributed by atoms with Gasteiger partial charge in [-0.2, -0.15) is 5.26 Å². The molecular formula is C32H29N5O5. The monoisotopic (exact) mass is 563 g/mol. The van der Waals surface area contributed by atoms with Crippen LogP contribution in [0.3, 0.4) is 0 Å². The molecule has 2 heterocycles. The van der Waals surface area contributed by atoms with Gasteiger partial charge in [0.2, 0.25) is 11.8 Å². The number of carbonyl (C=O) groups is 4. The van der Waals surface area contributed by atoms with E-state index >= 15 is 0 Å². The van der Waals surface area contributed by atoms with E-state index in [1.165, 1.54) is 12.0 Å². The lowest BCUT2D eigenvalue weighted by Gasteiger charge is -2.19. The number of nitrogens with zero attached hydrogens (tertiary/aromatic N) is 3. The normalized spacial score (nSPS) is 16.1. The second kappa shape index (κ2) is 11.6. The summed E-state index contributed by atoms with van der Waals surface area (Å²) in [7, 11) is 4.58. The predicted octanol–water partition coefficient (Wildman–Crippen LogP) is 4.23. The van der Waals surface area contributed by atoms with Crippen LogP contribution in [0.25, 0.3) is 11.3 Å². The number of benzene rings is 3. The highest BCUT2D eigenvalue weighted by Gasteiger charge is 2.34. The molecule has 0 radical (unpaired) electrons. The summed E-state index contributed by atoms with van der Waals surface area (Å²) >= 11 is 0. The highest BCUT2D eigenvalue weighted by atomic mass is 16.5. The van der Waals surface area contributed by atoms with Gasteiger partial charge in [0.15, 0.2) is 0 Å². The smallest absolute Gasteiger partial charge is 0.337 e. The van der Waals surface area contributed by atoms with Gasteiger partial charge in [-0.3, -0.25) is 14.4 Å². The van der Waals surface area contributed by atoms with E-state index < -0.39 is 11.9 Å². The number of esters is 1. The van der Waals surface area contributed by atoms with Crippen LogP contribution in [0.4, 0.5) is 17.1 Å². The maximum Gasteiger partial charge on any atom is 0.337 e. The van der Waals surface area contributed by atoms with Crippen LogP contribution in [0, 0.1) is 11.3 Å². The SMILES string of the molecule is COC(=O)c1ccc2c(c1)NC(=O)/C2=C(\Nc1ccc2c(c1)C(C#N)CN2C(=O)CCC(=O)N(C)C)c1ccccc1. The summed E-state index contributed by atoms with van der Waals surface area (Å²) in [6, 6.07) is 21.9. The van der Waals surface area contributed by atoms with Crippen molar-refractivity contribution in [1.82, 2.24) is 4.90 Å². The van der Waals surface area contributed by atoms with Gasteiger partial charge in [-0.05, 0) is 41.5 Å². The molecule has 3 amide bonds. The Balaban J connectivity index is 1.51. The third-order valence-electron chi connectivity index (χ3n) is 7.33. The second-order valence-electron chi connectivity index (χ2n) is 10.2. The highest BCUT2D eigenvalue weighted by molar-refractivity contribution is 6.37. The zero-order valence-corrected chi connectivity index (χ0v) is 23.4. The van der Waals surface area contributed by atoms with Gasteiger partial charge in [0.05, 0.1) is 41.6 Å². The van der Waals surface area contributed by atoms with E-state index in [9.17, 15) is 24.4 Å². The Bertz CT molecular complexity index is 1670. The Kier molecular flexibility index (Phi) is 7.76. The maximum absolute atomic E-state index is 13.3. The molecule has 0 saturated heterocycles. The molecule has 2 aliphatic rings. The second-order valence-corrected chi connectivity index (χ2v) is 10.2. The van der Waals surface area contributed by atoms with Crippen LogP contribution in [-0.4, -0.2) is 56.3 Å². The molecule has 1 unspecified atom stereocenters. The number of nitrogens with one attached hydrogen (secondary N) is 2. The van der Waals surface area contributed by atoms with Crippen molar-refractivity contribution in [2.75, 3.05) is 43.3 Å². The summed E-state index contributed by atoms with van der Waals surface area (Å²) in [6.45, 7) is 0.204. The molecule has 0 spiro atoms. The Labute approximate surface area is 243 Å². The van der Waals surface area contributed by atoms with E-state index in [1.54, 1.807) is 49.3 Å². The van der Waals surface area contributed by atoms with Crippen LogP contribution in [-0.2, 0) is 19.1 Å². The molecule has 0 saturated carbocycles. The zero-order chi connectivity index (χ0) is 30.0. The molecule has 2 aliphatic heterocycles. The molecule has 212 valence electrons. The number of ether oxygens (including phenoxy) is 1. The molecule has 10 heteroatoms. The van der Waals surface area contributed by atoms with Crippen molar-refractivity contribution in [3.8, 4) is 6.07 Å². The highest BCUT2D eigenvalue weighted by Crippen LogP contribution is 2.41. The molecule has 5 rings (SSSR count). The van der Waals surface area contributed by atoms with E-state index in [4.69, 9.17) is 4.74 Å². The van der Waals surface area contributed by atoms with Crippen LogP contribution in [0.1, 0.15) is 45.8 Å². The summed E-state index contributed by atoms with van der Waals surface area (Å²) in [4.78, 5) is 53.4. The van der Waals surface area contributed by atoms with Gasteiger partial charge in [-0.15, -0.1) is 0 Å². The topological polar surface area (TPSA) is 132 Å². The third-order valence-corrected chi connectivity index (χ3v) is 7.33. The summed E-state index contributed by atoms with van der Waals surface area (Å²) < 4.78 is 4.82. The molecule has 3 aromatic rings. The fourth-order valence-electron chi connectivity index (χ4n) is 5.15. The van der Waals surface area contributed by atoms with Gasteiger partial charge >= 0.3 is 5.97 Å². The molecule has 0 fully saturated rings. The fourth-order valence-corrected chi connectivity index (χ4v) is 5.15. The number of methoxy groups -OCH3 is 1. The molecule has 0 bridgehead atoms. The number of hydrogen-bond acceptors (Lipinski definition) is 7. The van der Waals surface area contributed by atoms with Crippen LogP contribution in [0.5, 0.6) is 0 Å². The summed E-state index contributed by atoms with van der Waals surface area (Å²) in [5.74, 6) is -1.75. The van der Waals surface area contributed by atoms with Gasteiger partial charge in [-0.25, -0.2) is 4.79 Å². The van der Waals surface area contributed by atoms with Crippen LogP contribution < -0.4 is 15.5 Å². The van der Waals surface area contributed by atoms with Crippen LogP contribution >= 0.6 is 0 Å². The van der Waals surface area contributed by atoms with Crippen molar-refractivity contribution in [2.45, 2.75) is 18.8 Å². The molecule has 0 aliphatic carbocycles. The Morgan fingerprint density at radius 3 is 2.50 bits per heavy atom. The first-order valence-corrected chi connectivity index (χ1v) is 13.4. The number of amides is 3. The molecule has 3 aromatic carbocycles. The quantitative estimate of drug-likeness (QED) is 0.325. The van der Waals surface area contributed by atoms with E-state index in [0.29, 0.717) is 45.0 Å². The number of rotatable bonds is 7. The predicted molar refractivity (Wildman–Crippen MR) is 158 cm³/mol. The lowest BCUT2D eigenvalue weighted by molar-refractivity contribution is -0.131. The van der Waals surface area contributed by atoms with Crippen molar-refractivity contribution in [3.05, 3.63) is 89.0 Å². The van der Waals surface area contributed by atoms with E-state index in [-0.39, 0.29) is 37.1 Å². The minimum absolute atomic E-state index is 0.0467. The van der Waals surface area contributed by atoms with Crippen molar-refractivity contribution >= 4 is 52.0 Å². The minimum Gasteiger partial charge on any atom is -0.465 e. The fraction of sp³-hybridized carbons (Fsp3) is 0.219. The van der Waals surface area contributed by atoms with Crippen LogP contribution in [0.2, 0.25) is 0 Å². The minimum atomic E-state index is -0.546. The molecule has 0 aromatic heterocycles. The maximum atomic E-state index is 13.3. The van der Waals surface area contributed by atoms with Crippen molar-refractivity contribution in [1.29, 1.82) is 5.26 Å². The van der Waals surface area contributed by atoms with Crippen molar-refractivity contribution in [2.24, 2.45) is 0 Å². The standard InChI is InChI=1S/C32H29N5O5/c1-36(2)27(38)13-14-28(39)37-18-21(17-33)24-16-22(10-12-26(24)37)34-30(19-7-5-4-6-8-19)29-23-11-9-20(32(41)42-3)15-25(23)35-31(29)40/h4-12,15-16,21,34H,13-14,18H2,1-3H3,(H,35,40)/b30-29-. The summed E-state index contributed by atoms with van der Waals surface area (Å²) in [6.07, 6.45) is 0.137. The number of hydrogen-bond donors (Lipinski definition) is 2. The molecule has 42 heavy (non-hydrogen) atoms. The van der Waals surface area contributed by atoms with Crippen molar-refractivity contribution < 1.29 is 23.9 Å². The number of anilines is 3. The van der Waals surface area contributed by atoms with Crippen LogP contribution in [0.15, 0.2) is 66.7 Å². The summed E-state index contributed by atoms with van der Waals surface area (Å²) in [5.41, 5.74) is 5.07. The van der Waals surface area contributed by atoms with Crippen molar-refractivity contribution in [3.63, 3.8) is 0 Å². The lowest BCUT2D eigenvalue weighted by atomic mass is 9.98. The largest absolute Gasteiger partial charge is 0.465 e. The number of nitriles is 1. The van der Waals surface area contributed by atoms with E-state index in [2.05, 4.69) is 16.7 Å². The molecular weight excluding hydrogens is 534 g/mol. The molecule has 1 atom stereocenters. The Morgan fingerprint density at radius 1 is 1.05 bits per heavy atom. The first kappa shape index (κ1) is 28.1. The van der Waals surface area contributed by atoms with E-state index in [0.717, 1.165) is 5.56 Å². The first-order valence-electron chi connectivity index (χ1n) is 13.4. The average Bonchev–Trinajstić information content (AvgIpc) is 3.54. The molecule has 10 nitrogen and oxygen atoms in total. The first-order chi connectivity index (χ1) is 20.2.